The van der Waals surface area contributed by atoms with Crippen LogP contribution in [0.15, 0.2) is 79.0 Å². The Morgan fingerprint density at radius 2 is 1.65 bits per heavy atom. The van der Waals surface area contributed by atoms with Crippen molar-refractivity contribution in [2.75, 3.05) is 4.90 Å². The highest BCUT2D eigenvalue weighted by atomic mass is 19.1. The number of benzene rings is 3. The first-order chi connectivity index (χ1) is 14.9. The molecule has 0 bridgehead atoms. The first kappa shape index (κ1) is 19.5. The molecule has 1 aromatic heterocycles. The van der Waals surface area contributed by atoms with Crippen molar-refractivity contribution in [2.24, 2.45) is 11.1 Å². The third kappa shape index (κ3) is 3.02. The third-order valence-corrected chi connectivity index (χ3v) is 6.26. The molecule has 0 aliphatic carbocycles. The number of nitrogens with two attached hydrogens (primary N) is 1. The molecule has 1 aliphatic heterocycles. The van der Waals surface area contributed by atoms with Gasteiger partial charge in [-0.1, -0.05) is 30.3 Å². The maximum absolute atomic E-state index is 13.4. The minimum absolute atomic E-state index is 0.000806. The Hall–Kier alpha value is -3.51. The summed E-state index contributed by atoms with van der Waals surface area (Å²) in [6.45, 7) is 3.81. The number of aromatic nitrogens is 2. The van der Waals surface area contributed by atoms with Gasteiger partial charge < -0.3 is 10.6 Å². The van der Waals surface area contributed by atoms with E-state index in [2.05, 4.69) is 5.10 Å². The molecule has 1 fully saturated rings. The lowest BCUT2D eigenvalue weighted by molar-refractivity contribution is -0.124. The van der Waals surface area contributed by atoms with Crippen LogP contribution in [0.1, 0.15) is 25.5 Å². The molecule has 6 heteroatoms. The number of amides is 1. The Balaban J connectivity index is 1.60. The molecule has 2 N–H and O–H groups in total. The Morgan fingerprint density at radius 3 is 2.35 bits per heavy atom. The topological polar surface area (TPSA) is 64.2 Å². The summed E-state index contributed by atoms with van der Waals surface area (Å²) in [7, 11) is 0. The summed E-state index contributed by atoms with van der Waals surface area (Å²) in [5.74, 6) is -0.292. The van der Waals surface area contributed by atoms with E-state index >= 15 is 0 Å². The van der Waals surface area contributed by atoms with Crippen molar-refractivity contribution in [3.05, 3.63) is 90.4 Å². The number of halogens is 1. The van der Waals surface area contributed by atoms with Gasteiger partial charge in [0.15, 0.2) is 0 Å². The van der Waals surface area contributed by atoms with Gasteiger partial charge in [-0.3, -0.25) is 4.79 Å². The Labute approximate surface area is 179 Å². The second kappa shape index (κ2) is 7.03. The van der Waals surface area contributed by atoms with Crippen molar-refractivity contribution >= 4 is 22.5 Å². The van der Waals surface area contributed by atoms with Gasteiger partial charge in [-0.15, -0.1) is 0 Å². The fraction of sp³-hybridized carbons (Fsp3) is 0.200. The molecule has 0 saturated carbocycles. The van der Waals surface area contributed by atoms with Crippen LogP contribution in [0.4, 0.5) is 10.1 Å². The fourth-order valence-corrected chi connectivity index (χ4v) is 4.38. The number of anilines is 1. The molecule has 156 valence electrons. The highest BCUT2D eigenvalue weighted by Crippen LogP contribution is 2.45. The van der Waals surface area contributed by atoms with Gasteiger partial charge in [0, 0.05) is 17.1 Å². The molecule has 4 aromatic rings. The summed E-state index contributed by atoms with van der Waals surface area (Å²) in [5, 5.41) is 5.36. The zero-order valence-electron chi connectivity index (χ0n) is 17.4. The van der Waals surface area contributed by atoms with Gasteiger partial charge in [-0.05, 0) is 61.9 Å². The monoisotopic (exact) mass is 414 g/mol. The molecule has 3 aromatic carbocycles. The molecule has 2 atom stereocenters. The van der Waals surface area contributed by atoms with E-state index in [9.17, 15) is 9.18 Å². The number of hydrogen-bond donors (Lipinski definition) is 1. The molecule has 0 unspecified atom stereocenters. The van der Waals surface area contributed by atoms with Gasteiger partial charge in [0.05, 0.1) is 28.9 Å². The molecule has 1 aliphatic rings. The fourth-order valence-electron chi connectivity index (χ4n) is 4.38. The highest BCUT2D eigenvalue weighted by Gasteiger charge is 2.53. The second-order valence-corrected chi connectivity index (χ2v) is 8.55. The average Bonchev–Trinajstić information content (AvgIpc) is 3.27. The number of rotatable bonds is 3. The van der Waals surface area contributed by atoms with E-state index in [0.29, 0.717) is 0 Å². The van der Waals surface area contributed by atoms with Gasteiger partial charge in [0.25, 0.3) is 0 Å². The molecule has 1 amide bonds. The van der Waals surface area contributed by atoms with Crippen LogP contribution in [0.25, 0.3) is 16.6 Å². The van der Waals surface area contributed by atoms with E-state index in [0.717, 1.165) is 27.8 Å². The van der Waals surface area contributed by atoms with Crippen molar-refractivity contribution in [3.63, 3.8) is 0 Å². The SMILES string of the molecule is CC1(C)C(=O)N(c2ccc3c(cnn3-c3ccc(F)cc3)c2)[C@@H](c2ccccc2)[C@@H]1N. The Kier molecular flexibility index (Phi) is 4.41. The quantitative estimate of drug-likeness (QED) is 0.533. The molecule has 0 spiro atoms. The Bertz CT molecular complexity index is 1260. The minimum Gasteiger partial charge on any atom is -0.325 e. The van der Waals surface area contributed by atoms with Gasteiger partial charge in [-0.2, -0.15) is 5.10 Å². The predicted molar refractivity (Wildman–Crippen MR) is 119 cm³/mol. The average molecular weight is 414 g/mol. The van der Waals surface area contributed by atoms with Gasteiger partial charge in [0.1, 0.15) is 5.82 Å². The molecule has 0 radical (unpaired) electrons. The van der Waals surface area contributed by atoms with Crippen LogP contribution < -0.4 is 10.6 Å². The van der Waals surface area contributed by atoms with E-state index in [-0.39, 0.29) is 23.8 Å². The van der Waals surface area contributed by atoms with E-state index in [1.54, 1.807) is 23.0 Å². The van der Waals surface area contributed by atoms with E-state index in [1.807, 2.05) is 67.3 Å². The number of fused-ring (bicyclic) bond motifs is 1. The summed E-state index contributed by atoms with van der Waals surface area (Å²) in [4.78, 5) is 15.2. The zero-order valence-corrected chi connectivity index (χ0v) is 17.4. The maximum Gasteiger partial charge on any atom is 0.234 e. The maximum atomic E-state index is 13.4. The largest absolute Gasteiger partial charge is 0.325 e. The van der Waals surface area contributed by atoms with Gasteiger partial charge in [-0.25, -0.2) is 9.07 Å². The normalized spacial score (nSPS) is 20.5. The smallest absolute Gasteiger partial charge is 0.234 e. The van der Waals surface area contributed by atoms with E-state index in [4.69, 9.17) is 5.73 Å². The summed E-state index contributed by atoms with van der Waals surface area (Å²) in [6.07, 6.45) is 1.76. The standard InChI is InChI=1S/C25H23FN4O/c1-25(2)23(27)22(16-6-4-3-5-7-16)29(24(25)31)20-12-13-21-17(14-20)15-28-30(21)19-10-8-18(26)9-11-19/h3-15,22-23H,27H2,1-2H3/t22-,23-/m0/s1. The van der Waals surface area contributed by atoms with Gasteiger partial charge >= 0.3 is 0 Å². The zero-order chi connectivity index (χ0) is 21.8. The first-order valence-corrected chi connectivity index (χ1v) is 10.3. The van der Waals surface area contributed by atoms with Crippen LogP contribution in [-0.2, 0) is 4.79 Å². The molecule has 2 heterocycles. The number of hydrogen-bond acceptors (Lipinski definition) is 3. The predicted octanol–water partition coefficient (Wildman–Crippen LogP) is 4.61. The van der Waals surface area contributed by atoms with Crippen LogP contribution in [-0.4, -0.2) is 21.7 Å². The van der Waals surface area contributed by atoms with Gasteiger partial charge in [0.2, 0.25) is 5.91 Å². The first-order valence-electron chi connectivity index (χ1n) is 10.3. The van der Waals surface area contributed by atoms with Crippen molar-refractivity contribution in [3.8, 4) is 5.69 Å². The summed E-state index contributed by atoms with van der Waals surface area (Å²) in [5.41, 5.74) is 9.36. The summed E-state index contributed by atoms with van der Waals surface area (Å²) < 4.78 is 15.1. The molecule has 5 nitrogen and oxygen atoms in total. The summed E-state index contributed by atoms with van der Waals surface area (Å²) in [6, 6.07) is 21.3. The number of carbonyl (C=O) groups excluding carboxylic acids is 1. The van der Waals surface area contributed by atoms with E-state index < -0.39 is 5.41 Å². The molecule has 5 rings (SSSR count). The van der Waals surface area contributed by atoms with Crippen LogP contribution in [0.2, 0.25) is 0 Å². The summed E-state index contributed by atoms with van der Waals surface area (Å²) >= 11 is 0. The number of nitrogens with zero attached hydrogens (tertiary/aromatic N) is 3. The van der Waals surface area contributed by atoms with Crippen LogP contribution in [0.3, 0.4) is 0 Å². The van der Waals surface area contributed by atoms with Crippen molar-refractivity contribution in [1.82, 2.24) is 9.78 Å². The van der Waals surface area contributed by atoms with Crippen LogP contribution >= 0.6 is 0 Å². The van der Waals surface area contributed by atoms with Crippen LogP contribution in [0.5, 0.6) is 0 Å². The highest BCUT2D eigenvalue weighted by molar-refractivity contribution is 6.03. The van der Waals surface area contributed by atoms with Crippen molar-refractivity contribution < 1.29 is 9.18 Å². The number of carbonyl (C=O) groups is 1. The minimum atomic E-state index is -0.687. The van der Waals surface area contributed by atoms with E-state index in [1.165, 1.54) is 12.1 Å². The molecule has 1 saturated heterocycles. The Morgan fingerprint density at radius 1 is 0.968 bits per heavy atom. The van der Waals surface area contributed by atoms with Crippen LogP contribution in [0, 0.1) is 11.2 Å². The van der Waals surface area contributed by atoms with Crippen molar-refractivity contribution in [2.45, 2.75) is 25.9 Å². The lowest BCUT2D eigenvalue weighted by Crippen LogP contribution is -2.38. The lowest BCUT2D eigenvalue weighted by atomic mass is 9.83. The molecular weight excluding hydrogens is 391 g/mol. The second-order valence-electron chi connectivity index (χ2n) is 8.55. The molecular formula is C25H23FN4O. The third-order valence-electron chi connectivity index (χ3n) is 6.26. The lowest BCUT2D eigenvalue weighted by Gasteiger charge is -2.27. The van der Waals surface area contributed by atoms with Crippen molar-refractivity contribution in [1.29, 1.82) is 0 Å². The molecule has 31 heavy (non-hydrogen) atoms.